The van der Waals surface area contributed by atoms with E-state index in [4.69, 9.17) is 4.42 Å². The second kappa shape index (κ2) is 10.4. The summed E-state index contributed by atoms with van der Waals surface area (Å²) in [5, 5.41) is 7.17. The molecule has 9 aromatic rings. The minimum absolute atomic E-state index is 0.0360. The third-order valence-corrected chi connectivity index (χ3v) is 10.6. The maximum absolute atomic E-state index is 6.24. The summed E-state index contributed by atoms with van der Waals surface area (Å²) in [6.45, 7) is 4.69. The molecular weight excluding hydrogens is 595 g/mol. The normalized spacial score (nSPS) is 13.3. The molecule has 0 saturated heterocycles. The van der Waals surface area contributed by atoms with Crippen molar-refractivity contribution in [2.45, 2.75) is 19.3 Å². The summed E-state index contributed by atoms with van der Waals surface area (Å²) >= 11 is 0. The second-order valence-electron chi connectivity index (χ2n) is 13.8. The van der Waals surface area contributed by atoms with E-state index < -0.39 is 0 Å². The van der Waals surface area contributed by atoms with E-state index in [0.29, 0.717) is 0 Å². The number of nitrogens with zero attached hydrogens (tertiary/aromatic N) is 1. The Kier molecular flexibility index (Phi) is 5.95. The lowest BCUT2D eigenvalue weighted by molar-refractivity contribution is 0.660. The van der Waals surface area contributed by atoms with Crippen molar-refractivity contribution in [3.05, 3.63) is 175 Å². The molecule has 0 fully saturated rings. The Balaban J connectivity index is 1.15. The first-order valence-corrected chi connectivity index (χ1v) is 17.0. The van der Waals surface area contributed by atoms with E-state index in [9.17, 15) is 0 Å². The van der Waals surface area contributed by atoms with Crippen LogP contribution in [-0.2, 0) is 5.41 Å². The van der Waals surface area contributed by atoms with Crippen molar-refractivity contribution in [2.24, 2.45) is 0 Å². The molecular formula is C47H33NO. The van der Waals surface area contributed by atoms with Crippen LogP contribution >= 0.6 is 0 Å². The fourth-order valence-electron chi connectivity index (χ4n) is 8.19. The summed E-state index contributed by atoms with van der Waals surface area (Å²) in [5.74, 6) is 0. The maximum atomic E-state index is 6.24. The van der Waals surface area contributed by atoms with Crippen LogP contribution in [0.3, 0.4) is 0 Å². The smallest absolute Gasteiger partial charge is 0.135 e. The highest BCUT2D eigenvalue weighted by Gasteiger charge is 2.35. The average Bonchev–Trinajstić information content (AvgIpc) is 3.63. The van der Waals surface area contributed by atoms with Crippen LogP contribution in [0.2, 0.25) is 0 Å². The molecule has 0 saturated carbocycles. The molecule has 232 valence electrons. The van der Waals surface area contributed by atoms with E-state index in [1.165, 1.54) is 54.9 Å². The Hall–Kier alpha value is -6.12. The Bertz CT molecular complexity index is 2750. The van der Waals surface area contributed by atoms with Gasteiger partial charge in [0.1, 0.15) is 11.2 Å². The predicted molar refractivity (Wildman–Crippen MR) is 206 cm³/mol. The minimum Gasteiger partial charge on any atom is -0.456 e. The fourth-order valence-corrected chi connectivity index (χ4v) is 8.19. The third kappa shape index (κ3) is 4.20. The number of hydrogen-bond donors (Lipinski definition) is 0. The Morgan fingerprint density at radius 2 is 1.06 bits per heavy atom. The van der Waals surface area contributed by atoms with Gasteiger partial charge in [0.15, 0.2) is 0 Å². The van der Waals surface area contributed by atoms with Crippen molar-refractivity contribution in [3.8, 4) is 22.3 Å². The molecule has 0 bridgehead atoms. The van der Waals surface area contributed by atoms with Crippen LogP contribution in [0, 0.1) is 0 Å². The van der Waals surface area contributed by atoms with E-state index in [2.05, 4.69) is 170 Å². The van der Waals surface area contributed by atoms with Gasteiger partial charge in [-0.15, -0.1) is 0 Å². The van der Waals surface area contributed by atoms with Crippen molar-refractivity contribution in [1.82, 2.24) is 0 Å². The van der Waals surface area contributed by atoms with Crippen LogP contribution in [0.4, 0.5) is 17.1 Å². The molecule has 1 aliphatic rings. The van der Waals surface area contributed by atoms with Gasteiger partial charge >= 0.3 is 0 Å². The van der Waals surface area contributed by atoms with Crippen LogP contribution in [0.25, 0.3) is 65.7 Å². The average molecular weight is 628 g/mol. The molecule has 10 rings (SSSR count). The first kappa shape index (κ1) is 27.9. The molecule has 1 aliphatic carbocycles. The van der Waals surface area contributed by atoms with E-state index in [1.54, 1.807) is 0 Å². The fraction of sp³-hybridized carbons (Fsp3) is 0.0638. The van der Waals surface area contributed by atoms with Gasteiger partial charge in [-0.3, -0.25) is 0 Å². The molecule has 0 spiro atoms. The summed E-state index contributed by atoms with van der Waals surface area (Å²) in [7, 11) is 0. The highest BCUT2D eigenvalue weighted by molar-refractivity contribution is 6.15. The molecule has 8 aromatic carbocycles. The van der Waals surface area contributed by atoms with Crippen LogP contribution in [0.1, 0.15) is 25.0 Å². The molecule has 0 N–H and O–H groups in total. The maximum Gasteiger partial charge on any atom is 0.135 e. The number of rotatable bonds is 4. The van der Waals surface area contributed by atoms with Gasteiger partial charge in [0.05, 0.1) is 5.69 Å². The van der Waals surface area contributed by atoms with Gasteiger partial charge in [-0.1, -0.05) is 129 Å². The Morgan fingerprint density at radius 3 is 1.92 bits per heavy atom. The highest BCUT2D eigenvalue weighted by atomic mass is 16.3. The lowest BCUT2D eigenvalue weighted by Crippen LogP contribution is -2.14. The van der Waals surface area contributed by atoms with Gasteiger partial charge in [0.25, 0.3) is 0 Å². The summed E-state index contributed by atoms with van der Waals surface area (Å²) < 4.78 is 6.24. The quantitative estimate of drug-likeness (QED) is 0.181. The van der Waals surface area contributed by atoms with Gasteiger partial charge in [0.2, 0.25) is 0 Å². The molecule has 0 radical (unpaired) electrons. The zero-order valence-corrected chi connectivity index (χ0v) is 27.4. The number of anilines is 3. The van der Waals surface area contributed by atoms with Crippen LogP contribution < -0.4 is 4.90 Å². The van der Waals surface area contributed by atoms with Gasteiger partial charge in [-0.05, 0) is 98.1 Å². The van der Waals surface area contributed by atoms with Crippen molar-refractivity contribution >= 4 is 60.5 Å². The molecule has 49 heavy (non-hydrogen) atoms. The standard InChI is InChI=1S/C47H33NO/c1-47(2)42-17-9-7-14-37(42)38-25-21-31(27-43(38)47)30-19-22-33(23-20-30)48(34-24-26-46-41(29-34)40-16-8-10-18-45(40)49-46)44-28-32-11-3-4-12-35(32)36-13-5-6-15-39(36)44/h3-29H,1-2H3. The summed E-state index contributed by atoms with van der Waals surface area (Å²) in [6, 6.07) is 59.6. The highest BCUT2D eigenvalue weighted by Crippen LogP contribution is 2.50. The molecule has 2 nitrogen and oxygen atoms in total. The first-order valence-electron chi connectivity index (χ1n) is 17.0. The molecule has 2 heteroatoms. The van der Waals surface area contributed by atoms with Crippen molar-refractivity contribution < 1.29 is 4.42 Å². The number of benzene rings is 8. The summed E-state index contributed by atoms with van der Waals surface area (Å²) in [5.41, 5.74) is 13.0. The lowest BCUT2D eigenvalue weighted by Gasteiger charge is -2.28. The van der Waals surface area contributed by atoms with Crippen LogP contribution in [-0.4, -0.2) is 0 Å². The zero-order chi connectivity index (χ0) is 32.7. The molecule has 0 unspecified atom stereocenters. The van der Waals surface area contributed by atoms with Gasteiger partial charge in [-0.25, -0.2) is 0 Å². The van der Waals surface area contributed by atoms with Crippen molar-refractivity contribution in [3.63, 3.8) is 0 Å². The third-order valence-electron chi connectivity index (χ3n) is 10.6. The predicted octanol–water partition coefficient (Wildman–Crippen LogP) is 13.3. The monoisotopic (exact) mass is 627 g/mol. The molecule has 0 amide bonds. The topological polar surface area (TPSA) is 16.4 Å². The van der Waals surface area contributed by atoms with Crippen molar-refractivity contribution in [2.75, 3.05) is 4.90 Å². The molecule has 1 heterocycles. The summed E-state index contributed by atoms with van der Waals surface area (Å²) in [6.07, 6.45) is 0. The lowest BCUT2D eigenvalue weighted by atomic mass is 9.81. The van der Waals surface area contributed by atoms with E-state index >= 15 is 0 Å². The van der Waals surface area contributed by atoms with Crippen molar-refractivity contribution in [1.29, 1.82) is 0 Å². The SMILES string of the molecule is CC1(C)c2ccccc2-c2ccc(-c3ccc(N(c4ccc5oc6ccccc6c5c4)c4cc5ccccc5c5ccccc45)cc3)cc21. The Morgan fingerprint density at radius 1 is 0.429 bits per heavy atom. The first-order chi connectivity index (χ1) is 24.0. The summed E-state index contributed by atoms with van der Waals surface area (Å²) in [4.78, 5) is 2.40. The number of fused-ring (bicyclic) bond motifs is 9. The number of para-hydroxylation sites is 1. The molecule has 0 atom stereocenters. The number of furan rings is 1. The zero-order valence-electron chi connectivity index (χ0n) is 27.4. The molecule has 0 aliphatic heterocycles. The van der Waals surface area contributed by atoms with E-state index in [1.807, 2.05) is 12.1 Å². The van der Waals surface area contributed by atoms with E-state index in [0.717, 1.165) is 39.0 Å². The van der Waals surface area contributed by atoms with Gasteiger partial charge in [-0.2, -0.15) is 0 Å². The largest absolute Gasteiger partial charge is 0.456 e. The minimum atomic E-state index is -0.0360. The second-order valence-corrected chi connectivity index (χ2v) is 13.8. The van der Waals surface area contributed by atoms with Crippen LogP contribution in [0.5, 0.6) is 0 Å². The van der Waals surface area contributed by atoms with E-state index in [-0.39, 0.29) is 5.41 Å². The van der Waals surface area contributed by atoms with Gasteiger partial charge in [0, 0.05) is 32.9 Å². The van der Waals surface area contributed by atoms with Crippen LogP contribution in [0.15, 0.2) is 168 Å². The Labute approximate surface area is 285 Å². The van der Waals surface area contributed by atoms with Gasteiger partial charge < -0.3 is 9.32 Å². The number of hydrogen-bond acceptors (Lipinski definition) is 2. The molecule has 1 aromatic heterocycles.